The van der Waals surface area contributed by atoms with Crippen LogP contribution in [0, 0.1) is 5.92 Å². The van der Waals surface area contributed by atoms with Crippen LogP contribution in [0.2, 0.25) is 0 Å². The average molecular weight is 266 g/mol. The van der Waals surface area contributed by atoms with Gasteiger partial charge >= 0.3 is 0 Å². The topological polar surface area (TPSA) is 29.3 Å². The van der Waals surface area contributed by atoms with Gasteiger partial charge in [0.05, 0.1) is 0 Å². The predicted octanol–water partition coefficient (Wildman–Crippen LogP) is 3.01. The summed E-state index contributed by atoms with van der Waals surface area (Å²) in [6.45, 7) is 5.63. The standard InChI is InChI=1S/C15H26N2S/c1-12(2)15(18-11-10-17(3)4)14(16)13-8-6-5-7-9-13/h5-9,12,14-15H,10-11,16H2,1-4H3. The lowest BCUT2D eigenvalue weighted by atomic mass is 9.97. The molecule has 0 heterocycles. The number of nitrogens with zero attached hydrogens (tertiary/aromatic N) is 1. The number of nitrogens with two attached hydrogens (primary N) is 1. The van der Waals surface area contributed by atoms with Crippen LogP contribution in [-0.4, -0.2) is 36.5 Å². The Morgan fingerprint density at radius 2 is 1.78 bits per heavy atom. The Morgan fingerprint density at radius 3 is 2.28 bits per heavy atom. The molecule has 0 fully saturated rings. The average Bonchev–Trinajstić information content (AvgIpc) is 2.34. The number of hydrogen-bond acceptors (Lipinski definition) is 3. The molecule has 2 nitrogen and oxygen atoms in total. The van der Waals surface area contributed by atoms with Crippen molar-refractivity contribution in [3.05, 3.63) is 35.9 Å². The minimum Gasteiger partial charge on any atom is -0.323 e. The van der Waals surface area contributed by atoms with Crippen molar-refractivity contribution < 1.29 is 0 Å². The molecular formula is C15H26N2S. The van der Waals surface area contributed by atoms with Crippen molar-refractivity contribution in [1.29, 1.82) is 0 Å². The van der Waals surface area contributed by atoms with Crippen LogP contribution in [0.15, 0.2) is 30.3 Å². The van der Waals surface area contributed by atoms with Gasteiger partial charge in [0.2, 0.25) is 0 Å². The van der Waals surface area contributed by atoms with Crippen molar-refractivity contribution in [2.75, 3.05) is 26.4 Å². The summed E-state index contributed by atoms with van der Waals surface area (Å²) in [7, 11) is 4.23. The van der Waals surface area contributed by atoms with Crippen LogP contribution >= 0.6 is 11.8 Å². The lowest BCUT2D eigenvalue weighted by Crippen LogP contribution is -2.29. The van der Waals surface area contributed by atoms with Crippen LogP contribution in [0.5, 0.6) is 0 Å². The molecule has 0 aliphatic carbocycles. The third-order valence-corrected chi connectivity index (χ3v) is 4.69. The van der Waals surface area contributed by atoms with E-state index in [4.69, 9.17) is 5.73 Å². The molecule has 0 aromatic heterocycles. The Morgan fingerprint density at radius 1 is 1.17 bits per heavy atom. The molecule has 3 heteroatoms. The first-order chi connectivity index (χ1) is 8.52. The zero-order valence-corrected chi connectivity index (χ0v) is 12.8. The molecule has 2 atom stereocenters. The van der Waals surface area contributed by atoms with E-state index in [-0.39, 0.29) is 6.04 Å². The molecule has 0 saturated heterocycles. The van der Waals surface area contributed by atoms with E-state index in [2.05, 4.69) is 57.1 Å². The second-order valence-electron chi connectivity index (χ2n) is 5.32. The third-order valence-electron chi connectivity index (χ3n) is 3.04. The molecule has 0 bridgehead atoms. The summed E-state index contributed by atoms with van der Waals surface area (Å²) < 4.78 is 0. The highest BCUT2D eigenvalue weighted by Gasteiger charge is 2.22. The van der Waals surface area contributed by atoms with Gasteiger partial charge in [-0.05, 0) is 25.6 Å². The Balaban J connectivity index is 2.61. The SMILES string of the molecule is CC(C)C(SCCN(C)C)C(N)c1ccccc1. The molecule has 102 valence electrons. The Bertz CT molecular complexity index is 325. The van der Waals surface area contributed by atoms with Gasteiger partial charge in [0.25, 0.3) is 0 Å². The van der Waals surface area contributed by atoms with Crippen LogP contribution in [0.25, 0.3) is 0 Å². The maximum atomic E-state index is 6.42. The third kappa shape index (κ3) is 5.01. The molecule has 1 aromatic carbocycles. The minimum absolute atomic E-state index is 0.123. The maximum Gasteiger partial charge on any atom is 0.0418 e. The fraction of sp³-hybridized carbons (Fsp3) is 0.600. The summed E-state index contributed by atoms with van der Waals surface area (Å²) >= 11 is 1.99. The van der Waals surface area contributed by atoms with Crippen LogP contribution in [0.3, 0.4) is 0 Å². The molecule has 2 N–H and O–H groups in total. The van der Waals surface area contributed by atoms with Crippen LogP contribution in [-0.2, 0) is 0 Å². The van der Waals surface area contributed by atoms with Crippen molar-refractivity contribution in [2.45, 2.75) is 25.1 Å². The first kappa shape index (κ1) is 15.5. The van der Waals surface area contributed by atoms with Gasteiger partial charge in [0.15, 0.2) is 0 Å². The summed E-state index contributed by atoms with van der Waals surface area (Å²) in [5.41, 5.74) is 7.67. The predicted molar refractivity (Wildman–Crippen MR) is 83.0 cm³/mol. The summed E-state index contributed by atoms with van der Waals surface area (Å²) in [4.78, 5) is 2.22. The quantitative estimate of drug-likeness (QED) is 0.822. The summed E-state index contributed by atoms with van der Waals surface area (Å²) in [5.74, 6) is 1.73. The van der Waals surface area contributed by atoms with Crippen LogP contribution in [0.4, 0.5) is 0 Å². The summed E-state index contributed by atoms with van der Waals surface area (Å²) in [6.07, 6.45) is 0. The lowest BCUT2D eigenvalue weighted by molar-refractivity contribution is 0.436. The van der Waals surface area contributed by atoms with E-state index in [1.165, 1.54) is 5.56 Å². The van der Waals surface area contributed by atoms with Gasteiger partial charge in [0.1, 0.15) is 0 Å². The highest BCUT2D eigenvalue weighted by Crippen LogP contribution is 2.30. The minimum atomic E-state index is 0.123. The van der Waals surface area contributed by atoms with Gasteiger partial charge in [-0.25, -0.2) is 0 Å². The fourth-order valence-electron chi connectivity index (χ4n) is 1.95. The second-order valence-corrected chi connectivity index (χ2v) is 6.61. The number of thioether (sulfide) groups is 1. The molecule has 0 spiro atoms. The molecule has 1 aromatic rings. The highest BCUT2D eigenvalue weighted by atomic mass is 32.2. The van der Waals surface area contributed by atoms with Gasteiger partial charge in [-0.3, -0.25) is 0 Å². The molecule has 0 amide bonds. The van der Waals surface area contributed by atoms with E-state index in [0.717, 1.165) is 12.3 Å². The van der Waals surface area contributed by atoms with Crippen molar-refractivity contribution in [3.63, 3.8) is 0 Å². The van der Waals surface area contributed by atoms with Gasteiger partial charge < -0.3 is 10.6 Å². The highest BCUT2D eigenvalue weighted by molar-refractivity contribution is 8.00. The zero-order chi connectivity index (χ0) is 13.5. The molecule has 0 radical (unpaired) electrons. The van der Waals surface area contributed by atoms with Crippen LogP contribution < -0.4 is 5.73 Å². The molecule has 0 saturated carbocycles. The van der Waals surface area contributed by atoms with Crippen molar-refractivity contribution in [3.8, 4) is 0 Å². The van der Waals surface area contributed by atoms with E-state index in [1.54, 1.807) is 0 Å². The number of benzene rings is 1. The number of hydrogen-bond donors (Lipinski definition) is 1. The Kier molecular flexibility index (Phi) is 6.76. The van der Waals surface area contributed by atoms with Crippen molar-refractivity contribution >= 4 is 11.8 Å². The van der Waals surface area contributed by atoms with Gasteiger partial charge in [-0.1, -0.05) is 44.2 Å². The van der Waals surface area contributed by atoms with E-state index >= 15 is 0 Å². The van der Waals surface area contributed by atoms with Crippen molar-refractivity contribution in [2.24, 2.45) is 11.7 Å². The lowest BCUT2D eigenvalue weighted by Gasteiger charge is -2.27. The smallest absolute Gasteiger partial charge is 0.0418 e. The molecule has 18 heavy (non-hydrogen) atoms. The van der Waals surface area contributed by atoms with E-state index in [1.807, 2.05) is 17.8 Å². The molecule has 2 unspecified atom stereocenters. The first-order valence-electron chi connectivity index (χ1n) is 6.59. The normalized spacial score (nSPS) is 15.1. The van der Waals surface area contributed by atoms with Crippen molar-refractivity contribution in [1.82, 2.24) is 4.90 Å². The monoisotopic (exact) mass is 266 g/mol. The van der Waals surface area contributed by atoms with E-state index in [0.29, 0.717) is 11.2 Å². The van der Waals surface area contributed by atoms with Gasteiger partial charge in [-0.2, -0.15) is 11.8 Å². The van der Waals surface area contributed by atoms with Gasteiger partial charge in [0, 0.05) is 23.6 Å². The molecule has 0 aliphatic rings. The number of rotatable bonds is 7. The summed E-state index contributed by atoms with van der Waals surface area (Å²) in [5, 5.41) is 0.479. The van der Waals surface area contributed by atoms with Crippen LogP contribution in [0.1, 0.15) is 25.5 Å². The maximum absolute atomic E-state index is 6.42. The second kappa shape index (κ2) is 7.82. The Labute approximate surface area is 116 Å². The van der Waals surface area contributed by atoms with E-state index < -0.39 is 0 Å². The summed E-state index contributed by atoms with van der Waals surface area (Å²) in [6, 6.07) is 10.6. The Hall–Kier alpha value is -0.510. The molecule has 0 aliphatic heterocycles. The zero-order valence-electron chi connectivity index (χ0n) is 12.0. The van der Waals surface area contributed by atoms with E-state index in [9.17, 15) is 0 Å². The molecular weight excluding hydrogens is 240 g/mol. The first-order valence-corrected chi connectivity index (χ1v) is 7.64. The fourth-order valence-corrected chi connectivity index (χ4v) is 3.44. The van der Waals surface area contributed by atoms with Gasteiger partial charge in [-0.15, -0.1) is 0 Å². The molecule has 1 rings (SSSR count). The largest absolute Gasteiger partial charge is 0.323 e.